The Labute approximate surface area is 94.4 Å². The van der Waals surface area contributed by atoms with Crippen LogP contribution >= 0.6 is 0 Å². The molecule has 2 aliphatic rings. The number of carboxylic acid groups (broad SMARTS) is 1. The molecule has 0 aromatic rings. The zero-order chi connectivity index (χ0) is 12.1. The molecule has 1 heterocycles. The summed E-state index contributed by atoms with van der Waals surface area (Å²) < 4.78 is 5.30. The summed E-state index contributed by atoms with van der Waals surface area (Å²) >= 11 is 0. The van der Waals surface area contributed by atoms with Crippen molar-refractivity contribution in [2.45, 2.75) is 44.8 Å². The molecule has 5 nitrogen and oxygen atoms in total. The summed E-state index contributed by atoms with van der Waals surface area (Å²) in [6.45, 7) is 5.82. The Hall–Kier alpha value is -1.26. The first kappa shape index (κ1) is 11.2. The molecule has 5 heteroatoms. The second-order valence-corrected chi connectivity index (χ2v) is 5.55. The van der Waals surface area contributed by atoms with Crippen molar-refractivity contribution in [3.63, 3.8) is 0 Å². The summed E-state index contributed by atoms with van der Waals surface area (Å²) in [4.78, 5) is 24.3. The van der Waals surface area contributed by atoms with E-state index in [4.69, 9.17) is 9.84 Å². The van der Waals surface area contributed by atoms with Crippen molar-refractivity contribution in [2.24, 2.45) is 5.92 Å². The van der Waals surface area contributed by atoms with Crippen LogP contribution in [0.25, 0.3) is 0 Å². The predicted octanol–water partition coefficient (Wildman–Crippen LogP) is 1.47. The third kappa shape index (κ3) is 1.54. The van der Waals surface area contributed by atoms with Crippen LogP contribution < -0.4 is 0 Å². The summed E-state index contributed by atoms with van der Waals surface area (Å²) in [5.74, 6) is -0.219. The van der Waals surface area contributed by atoms with Gasteiger partial charge in [-0.25, -0.2) is 9.59 Å². The van der Waals surface area contributed by atoms with Crippen LogP contribution in [-0.4, -0.2) is 39.8 Å². The topological polar surface area (TPSA) is 66.8 Å². The molecular formula is C11H17NO4. The van der Waals surface area contributed by atoms with Crippen molar-refractivity contribution in [1.29, 1.82) is 0 Å². The minimum absolute atomic E-state index is 0.165. The number of likely N-dealkylation sites (tertiary alicyclic amines) is 1. The number of carbonyl (C=O) groups excluding carboxylic acids is 1. The summed E-state index contributed by atoms with van der Waals surface area (Å²) in [6, 6.07) is 0. The van der Waals surface area contributed by atoms with E-state index in [9.17, 15) is 9.59 Å². The first-order valence-corrected chi connectivity index (χ1v) is 5.51. The first-order chi connectivity index (χ1) is 7.27. The van der Waals surface area contributed by atoms with Crippen LogP contribution in [0, 0.1) is 5.92 Å². The number of hydrogen-bond donors (Lipinski definition) is 1. The minimum atomic E-state index is -1.02. The van der Waals surface area contributed by atoms with E-state index in [2.05, 4.69) is 0 Å². The summed E-state index contributed by atoms with van der Waals surface area (Å²) in [5, 5.41) is 9.04. The molecule has 1 amide bonds. The molecule has 1 saturated heterocycles. The second kappa shape index (κ2) is 3.12. The van der Waals surface area contributed by atoms with Crippen LogP contribution in [0.5, 0.6) is 0 Å². The number of carbonyl (C=O) groups is 2. The van der Waals surface area contributed by atoms with Crippen molar-refractivity contribution < 1.29 is 19.4 Å². The Bertz CT molecular complexity index is 346. The highest BCUT2D eigenvalue weighted by molar-refractivity contribution is 5.90. The summed E-state index contributed by atoms with van der Waals surface area (Å²) in [7, 11) is 0. The van der Waals surface area contributed by atoms with E-state index in [1.54, 1.807) is 20.8 Å². The van der Waals surface area contributed by atoms with Gasteiger partial charge in [0, 0.05) is 6.54 Å². The van der Waals surface area contributed by atoms with E-state index in [0.29, 0.717) is 13.0 Å². The van der Waals surface area contributed by atoms with E-state index < -0.39 is 17.2 Å². The van der Waals surface area contributed by atoms with Gasteiger partial charge in [-0.1, -0.05) is 0 Å². The Morgan fingerprint density at radius 3 is 2.50 bits per heavy atom. The van der Waals surface area contributed by atoms with Crippen LogP contribution in [0.4, 0.5) is 4.79 Å². The lowest BCUT2D eigenvalue weighted by Crippen LogP contribution is -2.47. The third-order valence-corrected chi connectivity index (χ3v) is 3.24. The number of amides is 1. The highest BCUT2D eigenvalue weighted by atomic mass is 16.6. The third-order valence-electron chi connectivity index (χ3n) is 3.24. The largest absolute Gasteiger partial charge is 0.465 e. The van der Waals surface area contributed by atoms with E-state index in [0.717, 1.165) is 6.42 Å². The molecule has 1 aliphatic carbocycles. The maximum absolute atomic E-state index is 12.0. The number of ether oxygens (including phenoxy) is 1. The van der Waals surface area contributed by atoms with Crippen LogP contribution in [0.1, 0.15) is 33.6 Å². The van der Waals surface area contributed by atoms with Gasteiger partial charge in [-0.15, -0.1) is 0 Å². The Kier molecular flexibility index (Phi) is 2.19. The van der Waals surface area contributed by atoms with Gasteiger partial charge in [-0.2, -0.15) is 0 Å². The van der Waals surface area contributed by atoms with Gasteiger partial charge in [0.05, 0.1) is 0 Å². The Morgan fingerprint density at radius 1 is 1.44 bits per heavy atom. The molecule has 0 bridgehead atoms. The number of hydrogen-bond acceptors (Lipinski definition) is 3. The normalized spacial score (nSPS) is 32.2. The van der Waals surface area contributed by atoms with Gasteiger partial charge in [-0.05, 0) is 39.5 Å². The van der Waals surface area contributed by atoms with Crippen LogP contribution in [0.3, 0.4) is 0 Å². The molecule has 0 aromatic heterocycles. The number of piperidine rings is 1. The lowest BCUT2D eigenvalue weighted by atomic mass is 10.1. The maximum Gasteiger partial charge on any atom is 0.408 e. The van der Waals surface area contributed by atoms with Crippen molar-refractivity contribution in [3.8, 4) is 0 Å². The van der Waals surface area contributed by atoms with Crippen LogP contribution in [0.2, 0.25) is 0 Å². The van der Waals surface area contributed by atoms with Crippen LogP contribution in [-0.2, 0) is 9.53 Å². The smallest absolute Gasteiger partial charge is 0.408 e. The highest BCUT2D eigenvalue weighted by Crippen LogP contribution is 2.56. The average molecular weight is 227 g/mol. The molecule has 0 radical (unpaired) electrons. The molecule has 0 spiro atoms. The number of nitrogens with zero attached hydrogens (tertiary/aromatic N) is 1. The fourth-order valence-electron chi connectivity index (χ4n) is 2.47. The van der Waals surface area contributed by atoms with Gasteiger partial charge < -0.3 is 9.84 Å². The van der Waals surface area contributed by atoms with E-state index in [1.807, 2.05) is 0 Å². The fraction of sp³-hybridized carbons (Fsp3) is 0.818. The summed E-state index contributed by atoms with van der Waals surface area (Å²) in [5.41, 5.74) is -1.43. The zero-order valence-corrected chi connectivity index (χ0v) is 9.82. The van der Waals surface area contributed by atoms with E-state index >= 15 is 0 Å². The predicted molar refractivity (Wildman–Crippen MR) is 56.0 cm³/mol. The standard InChI is InChI=1S/C11H17NO4/c1-10(2,3)16-8(13)11-6-7(11)4-5-12(11)9(14)15/h7H,4-6H2,1-3H3,(H,14,15). The number of rotatable bonds is 1. The van der Waals surface area contributed by atoms with Crippen molar-refractivity contribution >= 4 is 12.1 Å². The van der Waals surface area contributed by atoms with Crippen molar-refractivity contribution in [3.05, 3.63) is 0 Å². The molecular weight excluding hydrogens is 210 g/mol. The van der Waals surface area contributed by atoms with Gasteiger partial charge in [0.2, 0.25) is 0 Å². The highest BCUT2D eigenvalue weighted by Gasteiger charge is 2.70. The fourth-order valence-corrected chi connectivity index (χ4v) is 2.47. The quantitative estimate of drug-likeness (QED) is 0.689. The minimum Gasteiger partial charge on any atom is -0.465 e. The average Bonchev–Trinajstić information content (AvgIpc) is 2.70. The van der Waals surface area contributed by atoms with E-state index in [-0.39, 0.29) is 11.9 Å². The molecule has 2 fully saturated rings. The van der Waals surface area contributed by atoms with Crippen molar-refractivity contribution in [1.82, 2.24) is 4.90 Å². The monoisotopic (exact) mass is 227 g/mol. The van der Waals surface area contributed by atoms with Gasteiger partial charge >= 0.3 is 12.1 Å². The van der Waals surface area contributed by atoms with Gasteiger partial charge in [0.15, 0.2) is 0 Å². The maximum atomic E-state index is 12.0. The molecule has 1 N–H and O–H groups in total. The first-order valence-electron chi connectivity index (χ1n) is 5.51. The molecule has 16 heavy (non-hydrogen) atoms. The molecule has 0 aromatic carbocycles. The molecule has 2 atom stereocenters. The molecule has 1 saturated carbocycles. The molecule has 2 rings (SSSR count). The lowest BCUT2D eigenvalue weighted by Gasteiger charge is -2.28. The number of fused-ring (bicyclic) bond motifs is 1. The Morgan fingerprint density at radius 2 is 2.06 bits per heavy atom. The van der Waals surface area contributed by atoms with Gasteiger partial charge in [0.1, 0.15) is 11.1 Å². The van der Waals surface area contributed by atoms with E-state index in [1.165, 1.54) is 4.90 Å². The van der Waals surface area contributed by atoms with Crippen LogP contribution in [0.15, 0.2) is 0 Å². The Balaban J connectivity index is 2.14. The molecule has 2 unspecified atom stereocenters. The zero-order valence-electron chi connectivity index (χ0n) is 9.82. The number of esters is 1. The second-order valence-electron chi connectivity index (χ2n) is 5.55. The van der Waals surface area contributed by atoms with Crippen molar-refractivity contribution in [2.75, 3.05) is 6.54 Å². The molecule has 90 valence electrons. The SMILES string of the molecule is CC(C)(C)OC(=O)C12CC1CCN2C(=O)O. The molecule has 1 aliphatic heterocycles. The summed E-state index contributed by atoms with van der Waals surface area (Å²) in [6.07, 6.45) is 0.366. The van der Waals surface area contributed by atoms with Gasteiger partial charge in [0.25, 0.3) is 0 Å². The lowest BCUT2D eigenvalue weighted by molar-refractivity contribution is -0.162. The van der Waals surface area contributed by atoms with Gasteiger partial charge in [-0.3, -0.25) is 4.90 Å².